The molecular formula is C16H18N6O2. The summed E-state index contributed by atoms with van der Waals surface area (Å²) in [6.07, 6.45) is 5.33. The van der Waals surface area contributed by atoms with Crippen molar-refractivity contribution < 1.29 is 9.53 Å². The third kappa shape index (κ3) is 2.76. The Morgan fingerprint density at radius 2 is 2.25 bits per heavy atom. The van der Waals surface area contributed by atoms with Crippen molar-refractivity contribution in [3.8, 4) is 0 Å². The van der Waals surface area contributed by atoms with Gasteiger partial charge in [-0.05, 0) is 31.0 Å². The second-order valence-corrected chi connectivity index (χ2v) is 5.99. The van der Waals surface area contributed by atoms with Gasteiger partial charge in [0, 0.05) is 31.0 Å². The molecule has 0 saturated carbocycles. The van der Waals surface area contributed by atoms with E-state index in [1.165, 1.54) is 0 Å². The number of aromatic nitrogens is 5. The molecule has 3 aromatic rings. The lowest BCUT2D eigenvalue weighted by atomic mass is 9.97. The van der Waals surface area contributed by atoms with E-state index >= 15 is 0 Å². The Balaban J connectivity index is 1.54. The smallest absolute Gasteiger partial charge is 0.251 e. The molecule has 124 valence electrons. The highest BCUT2D eigenvalue weighted by Gasteiger charge is 2.30. The number of aryl methyl sites for hydroxylation is 1. The number of aromatic amines is 1. The summed E-state index contributed by atoms with van der Waals surface area (Å²) in [6, 6.07) is 5.19. The predicted molar refractivity (Wildman–Crippen MR) is 86.3 cm³/mol. The van der Waals surface area contributed by atoms with Gasteiger partial charge >= 0.3 is 0 Å². The molecule has 3 heterocycles. The van der Waals surface area contributed by atoms with Crippen LogP contribution in [-0.2, 0) is 11.8 Å². The van der Waals surface area contributed by atoms with Gasteiger partial charge in [-0.3, -0.25) is 9.48 Å². The number of amides is 1. The van der Waals surface area contributed by atoms with Crippen LogP contribution in [-0.4, -0.2) is 43.7 Å². The Morgan fingerprint density at radius 1 is 1.38 bits per heavy atom. The summed E-state index contributed by atoms with van der Waals surface area (Å²) in [5.41, 5.74) is 2.95. The average Bonchev–Trinajstić information content (AvgIpc) is 3.23. The lowest BCUT2D eigenvalue weighted by molar-refractivity contribution is -0.00949. The molecule has 2 atom stereocenters. The van der Waals surface area contributed by atoms with Crippen molar-refractivity contribution >= 4 is 16.9 Å². The van der Waals surface area contributed by atoms with E-state index in [9.17, 15) is 4.79 Å². The summed E-state index contributed by atoms with van der Waals surface area (Å²) < 4.78 is 7.63. The lowest BCUT2D eigenvalue weighted by Crippen LogP contribution is -2.42. The fourth-order valence-electron chi connectivity index (χ4n) is 3.08. The summed E-state index contributed by atoms with van der Waals surface area (Å²) in [5, 5.41) is 17.9. The molecular weight excluding hydrogens is 308 g/mol. The number of fused-ring (bicyclic) bond motifs is 1. The number of benzene rings is 1. The number of hydrogen-bond acceptors (Lipinski definition) is 5. The molecule has 0 bridgehead atoms. The van der Waals surface area contributed by atoms with Crippen LogP contribution in [0, 0.1) is 0 Å². The largest absolute Gasteiger partial charge is 0.371 e. The van der Waals surface area contributed by atoms with Crippen LogP contribution in [0.5, 0.6) is 0 Å². The maximum atomic E-state index is 12.6. The van der Waals surface area contributed by atoms with E-state index in [1.807, 2.05) is 13.2 Å². The molecule has 2 aromatic heterocycles. The van der Waals surface area contributed by atoms with E-state index < -0.39 is 0 Å². The zero-order valence-corrected chi connectivity index (χ0v) is 13.3. The molecule has 8 nitrogen and oxygen atoms in total. The number of nitrogens with one attached hydrogen (secondary N) is 2. The number of carbonyl (C=O) groups is 1. The Bertz CT molecular complexity index is 870. The van der Waals surface area contributed by atoms with Crippen molar-refractivity contribution in [1.29, 1.82) is 0 Å². The number of hydrogen-bond donors (Lipinski definition) is 2. The first-order valence-electron chi connectivity index (χ1n) is 7.92. The molecule has 1 aromatic carbocycles. The van der Waals surface area contributed by atoms with Crippen LogP contribution in [0.1, 0.15) is 34.9 Å². The second-order valence-electron chi connectivity index (χ2n) is 5.99. The monoisotopic (exact) mass is 326 g/mol. The molecule has 4 rings (SSSR count). The molecule has 1 fully saturated rings. The van der Waals surface area contributed by atoms with E-state index in [4.69, 9.17) is 4.74 Å². The quantitative estimate of drug-likeness (QED) is 0.757. The van der Waals surface area contributed by atoms with Gasteiger partial charge in [0.2, 0.25) is 0 Å². The standard InChI is InChI=1S/C16H18N6O2/c1-22-9-11(8-17-22)15-13(3-2-6-24-15)18-16(23)10-4-5-12-14(7-10)20-21-19-12/h4-5,7-9,13,15H,2-3,6H2,1H3,(H,18,23)(H,19,20,21)/t13-,15+/m0/s1. The van der Waals surface area contributed by atoms with Gasteiger partial charge in [-0.25, -0.2) is 0 Å². The molecule has 24 heavy (non-hydrogen) atoms. The topological polar surface area (TPSA) is 97.7 Å². The Labute approximate surface area is 138 Å². The van der Waals surface area contributed by atoms with E-state index in [-0.39, 0.29) is 18.1 Å². The third-order valence-electron chi connectivity index (χ3n) is 4.27. The Morgan fingerprint density at radius 3 is 3.08 bits per heavy atom. The van der Waals surface area contributed by atoms with Gasteiger partial charge in [-0.1, -0.05) is 0 Å². The highest BCUT2D eigenvalue weighted by molar-refractivity contribution is 5.97. The summed E-state index contributed by atoms with van der Waals surface area (Å²) in [6.45, 7) is 0.691. The van der Waals surface area contributed by atoms with Crippen LogP contribution in [0.4, 0.5) is 0 Å². The number of carbonyl (C=O) groups excluding carboxylic acids is 1. The van der Waals surface area contributed by atoms with Crippen molar-refractivity contribution in [2.45, 2.75) is 25.0 Å². The highest BCUT2D eigenvalue weighted by atomic mass is 16.5. The predicted octanol–water partition coefficient (Wildman–Crippen LogP) is 1.34. The van der Waals surface area contributed by atoms with Crippen molar-refractivity contribution in [2.75, 3.05) is 6.61 Å². The Kier molecular flexibility index (Phi) is 3.73. The van der Waals surface area contributed by atoms with Crippen LogP contribution < -0.4 is 5.32 Å². The first-order chi connectivity index (χ1) is 11.7. The van der Waals surface area contributed by atoms with E-state index in [1.54, 1.807) is 29.1 Å². The molecule has 1 aliphatic rings. The van der Waals surface area contributed by atoms with Gasteiger partial charge in [0.25, 0.3) is 5.91 Å². The molecule has 0 spiro atoms. The maximum absolute atomic E-state index is 12.6. The van der Waals surface area contributed by atoms with Crippen molar-refractivity contribution in [2.24, 2.45) is 7.05 Å². The molecule has 0 unspecified atom stereocenters. The normalized spacial score (nSPS) is 21.0. The van der Waals surface area contributed by atoms with E-state index in [0.29, 0.717) is 17.7 Å². The average molecular weight is 326 g/mol. The van der Waals surface area contributed by atoms with Crippen molar-refractivity contribution in [3.05, 3.63) is 41.7 Å². The summed E-state index contributed by atoms with van der Waals surface area (Å²) >= 11 is 0. The Hall–Kier alpha value is -2.74. The second kappa shape index (κ2) is 6.04. The van der Waals surface area contributed by atoms with Gasteiger partial charge in [-0.2, -0.15) is 20.5 Å². The number of H-pyrrole nitrogens is 1. The molecule has 0 aliphatic carbocycles. The van der Waals surface area contributed by atoms with Gasteiger partial charge in [0.15, 0.2) is 0 Å². The fourth-order valence-corrected chi connectivity index (χ4v) is 3.08. The van der Waals surface area contributed by atoms with Crippen LogP contribution in [0.15, 0.2) is 30.6 Å². The zero-order valence-electron chi connectivity index (χ0n) is 13.3. The van der Waals surface area contributed by atoms with Crippen LogP contribution in [0.2, 0.25) is 0 Å². The van der Waals surface area contributed by atoms with Crippen molar-refractivity contribution in [1.82, 2.24) is 30.5 Å². The minimum Gasteiger partial charge on any atom is -0.371 e. The van der Waals surface area contributed by atoms with Crippen LogP contribution in [0.25, 0.3) is 11.0 Å². The first-order valence-corrected chi connectivity index (χ1v) is 7.92. The fraction of sp³-hybridized carbons (Fsp3) is 0.375. The molecule has 8 heteroatoms. The summed E-state index contributed by atoms with van der Waals surface area (Å²) in [4.78, 5) is 12.6. The SMILES string of the molecule is Cn1cc([C@H]2OCCC[C@@H]2NC(=O)c2ccc3n[nH]nc3c2)cn1. The molecule has 1 amide bonds. The molecule has 2 N–H and O–H groups in total. The number of nitrogens with zero attached hydrogens (tertiary/aromatic N) is 4. The van der Waals surface area contributed by atoms with Gasteiger partial charge < -0.3 is 10.1 Å². The van der Waals surface area contributed by atoms with Crippen molar-refractivity contribution in [3.63, 3.8) is 0 Å². The van der Waals surface area contributed by atoms with E-state index in [2.05, 4.69) is 25.8 Å². The minimum atomic E-state index is -0.174. The number of rotatable bonds is 3. The maximum Gasteiger partial charge on any atom is 0.251 e. The molecule has 1 saturated heterocycles. The molecule has 1 aliphatic heterocycles. The van der Waals surface area contributed by atoms with Gasteiger partial charge in [0.05, 0.1) is 12.2 Å². The minimum absolute atomic E-state index is 0.0801. The lowest BCUT2D eigenvalue weighted by Gasteiger charge is -2.31. The highest BCUT2D eigenvalue weighted by Crippen LogP contribution is 2.28. The third-order valence-corrected chi connectivity index (χ3v) is 4.27. The first kappa shape index (κ1) is 14.8. The molecule has 0 radical (unpaired) electrons. The number of ether oxygens (including phenoxy) is 1. The van der Waals surface area contributed by atoms with E-state index in [0.717, 1.165) is 23.9 Å². The van der Waals surface area contributed by atoms with Gasteiger partial charge in [-0.15, -0.1) is 0 Å². The summed E-state index contributed by atoms with van der Waals surface area (Å²) in [5.74, 6) is -0.135. The zero-order chi connectivity index (χ0) is 16.5. The van der Waals surface area contributed by atoms with Crippen LogP contribution in [0.3, 0.4) is 0 Å². The summed E-state index contributed by atoms with van der Waals surface area (Å²) in [7, 11) is 1.87. The van der Waals surface area contributed by atoms with Gasteiger partial charge in [0.1, 0.15) is 17.1 Å². The van der Waals surface area contributed by atoms with Crippen LogP contribution >= 0.6 is 0 Å².